The Morgan fingerprint density at radius 1 is 0.577 bits per heavy atom. The van der Waals surface area contributed by atoms with E-state index in [0.29, 0.717) is 0 Å². The monoisotopic (exact) mass is 410 g/mol. The van der Waals surface area contributed by atoms with Crippen LogP contribution in [0.3, 0.4) is 0 Å². The van der Waals surface area contributed by atoms with Gasteiger partial charge in [0.15, 0.2) is 0 Å². The van der Waals surface area contributed by atoms with Crippen molar-refractivity contribution in [2.24, 2.45) is 0 Å². The maximum absolute atomic E-state index is 2.39. The molecule has 1 aromatic carbocycles. The molecule has 0 nitrogen and oxygen atoms in total. The predicted octanol–water partition coefficient (Wildman–Crippen LogP) is 8.81. The van der Waals surface area contributed by atoms with Crippen LogP contribution in [0.4, 0.5) is 0 Å². The van der Waals surface area contributed by atoms with Gasteiger partial charge >= 0.3 is 0 Å². The Morgan fingerprint density at radius 3 is 1.35 bits per heavy atom. The van der Waals surface area contributed by atoms with Crippen LogP contribution in [0.1, 0.15) is 20.9 Å². The van der Waals surface area contributed by atoms with E-state index >= 15 is 0 Å². The first-order chi connectivity index (χ1) is 12.5. The molecule has 0 N–H and O–H groups in total. The first-order valence-corrected chi connectivity index (χ1v) is 12.0. The Morgan fingerprint density at radius 2 is 1.00 bits per heavy atom. The molecule has 5 aromatic rings. The van der Waals surface area contributed by atoms with Crippen molar-refractivity contribution < 1.29 is 0 Å². The van der Waals surface area contributed by atoms with Gasteiger partial charge in [0, 0.05) is 50.8 Å². The summed E-state index contributed by atoms with van der Waals surface area (Å²) in [6, 6.07) is 9.47. The summed E-state index contributed by atoms with van der Waals surface area (Å²) in [6.07, 6.45) is 0. The number of thiophene rings is 4. The highest BCUT2D eigenvalue weighted by atomic mass is 32.1. The fourth-order valence-electron chi connectivity index (χ4n) is 3.63. The third-order valence-electron chi connectivity index (χ3n) is 4.66. The molecule has 0 spiro atoms. The maximum Gasteiger partial charge on any atom is 0.0445 e. The average molecular weight is 411 g/mol. The lowest BCUT2D eigenvalue weighted by molar-refractivity contribution is 1.56. The van der Waals surface area contributed by atoms with Gasteiger partial charge < -0.3 is 0 Å². The van der Waals surface area contributed by atoms with Gasteiger partial charge in [-0.2, -0.15) is 0 Å². The van der Waals surface area contributed by atoms with Crippen LogP contribution in [0.2, 0.25) is 0 Å². The van der Waals surface area contributed by atoms with Crippen LogP contribution in [0.25, 0.3) is 41.1 Å². The predicted molar refractivity (Wildman–Crippen MR) is 123 cm³/mol. The van der Waals surface area contributed by atoms with Crippen molar-refractivity contribution in [3.63, 3.8) is 0 Å². The summed E-state index contributed by atoms with van der Waals surface area (Å²) in [5, 5.41) is 7.38. The highest BCUT2D eigenvalue weighted by Crippen LogP contribution is 2.51. The van der Waals surface area contributed by atoms with Crippen LogP contribution in [0.15, 0.2) is 35.0 Å². The summed E-state index contributed by atoms with van der Waals surface area (Å²) >= 11 is 7.62. The van der Waals surface area contributed by atoms with Gasteiger partial charge in [-0.25, -0.2) is 0 Å². The Kier molecular flexibility index (Phi) is 3.87. The molecule has 0 saturated heterocycles. The molecule has 0 radical (unpaired) electrons. The molecular weight excluding hydrogens is 393 g/mol. The molecular formula is C22H18S4. The van der Waals surface area contributed by atoms with E-state index in [2.05, 4.69) is 62.7 Å². The lowest BCUT2D eigenvalue weighted by Gasteiger charge is -2.09. The van der Waals surface area contributed by atoms with E-state index in [4.69, 9.17) is 0 Å². The Hall–Kier alpha value is -1.46. The summed E-state index contributed by atoms with van der Waals surface area (Å²) in [5.41, 5.74) is 5.58. The Bertz CT molecular complexity index is 1120. The van der Waals surface area contributed by atoms with Crippen LogP contribution in [-0.2, 0) is 0 Å². The molecule has 5 rings (SSSR count). The third kappa shape index (κ3) is 2.51. The van der Waals surface area contributed by atoms with Gasteiger partial charge in [-0.1, -0.05) is 0 Å². The van der Waals surface area contributed by atoms with Crippen molar-refractivity contribution in [1.82, 2.24) is 0 Å². The molecule has 0 amide bonds. The van der Waals surface area contributed by atoms with E-state index < -0.39 is 0 Å². The quantitative estimate of drug-likeness (QED) is 0.273. The number of hydrogen-bond donors (Lipinski definition) is 0. The molecule has 0 bridgehead atoms. The second kappa shape index (κ2) is 6.03. The molecule has 26 heavy (non-hydrogen) atoms. The molecule has 4 heterocycles. The first-order valence-electron chi connectivity index (χ1n) is 8.58. The van der Waals surface area contributed by atoms with Crippen molar-refractivity contribution in [2.75, 3.05) is 0 Å². The van der Waals surface area contributed by atoms with E-state index in [-0.39, 0.29) is 0 Å². The van der Waals surface area contributed by atoms with Gasteiger partial charge in [-0.3, -0.25) is 0 Å². The molecule has 0 aliphatic carbocycles. The van der Waals surface area contributed by atoms with Crippen molar-refractivity contribution in [3.05, 3.63) is 55.9 Å². The van der Waals surface area contributed by atoms with Gasteiger partial charge in [0.2, 0.25) is 0 Å². The summed E-state index contributed by atoms with van der Waals surface area (Å²) < 4.78 is 2.88. The Balaban J connectivity index is 2.00. The van der Waals surface area contributed by atoms with Crippen molar-refractivity contribution in [3.8, 4) is 20.9 Å². The summed E-state index contributed by atoms with van der Waals surface area (Å²) in [6.45, 7) is 8.85. The lowest BCUT2D eigenvalue weighted by Crippen LogP contribution is -1.81. The first kappa shape index (κ1) is 16.7. The minimum absolute atomic E-state index is 1.35. The van der Waals surface area contributed by atoms with Crippen molar-refractivity contribution in [1.29, 1.82) is 0 Å². The second-order valence-corrected chi connectivity index (χ2v) is 11.3. The van der Waals surface area contributed by atoms with E-state index in [1.54, 1.807) is 0 Å². The van der Waals surface area contributed by atoms with Crippen LogP contribution in [-0.4, -0.2) is 0 Å². The molecule has 4 aromatic heterocycles. The number of benzene rings is 1. The van der Waals surface area contributed by atoms with E-state index in [1.807, 2.05) is 45.3 Å². The van der Waals surface area contributed by atoms with Gasteiger partial charge in [-0.05, 0) is 73.8 Å². The molecule has 0 aliphatic heterocycles. The zero-order chi connectivity index (χ0) is 18.0. The molecule has 0 fully saturated rings. The Labute approximate surface area is 169 Å². The van der Waals surface area contributed by atoms with Crippen LogP contribution in [0.5, 0.6) is 0 Å². The fraction of sp³-hybridized carbons (Fsp3) is 0.182. The summed E-state index contributed by atoms with van der Waals surface area (Å²) in [5.74, 6) is 0. The fourth-order valence-corrected chi connectivity index (χ4v) is 7.87. The van der Waals surface area contributed by atoms with E-state index in [1.165, 1.54) is 61.9 Å². The normalized spacial score (nSPS) is 11.8. The SMILES string of the molecule is Cc1csc(-c2c3cc(C)sc3c(-c3cc(C)cs3)c3cc(C)sc23)c1. The lowest BCUT2D eigenvalue weighted by atomic mass is 9.99. The molecule has 0 aliphatic rings. The molecule has 0 atom stereocenters. The highest BCUT2D eigenvalue weighted by molar-refractivity contribution is 7.23. The van der Waals surface area contributed by atoms with Gasteiger partial charge in [0.1, 0.15) is 0 Å². The number of aryl methyl sites for hydroxylation is 4. The minimum atomic E-state index is 1.35. The molecule has 0 saturated carbocycles. The minimum Gasteiger partial charge on any atom is -0.143 e. The van der Waals surface area contributed by atoms with Crippen LogP contribution in [0, 0.1) is 27.7 Å². The van der Waals surface area contributed by atoms with Crippen LogP contribution >= 0.6 is 45.3 Å². The van der Waals surface area contributed by atoms with Crippen molar-refractivity contribution in [2.45, 2.75) is 27.7 Å². The smallest absolute Gasteiger partial charge is 0.0445 e. The second-order valence-electron chi connectivity index (χ2n) is 6.93. The largest absolute Gasteiger partial charge is 0.143 e. The van der Waals surface area contributed by atoms with Gasteiger partial charge in [-0.15, -0.1) is 45.3 Å². The molecule has 4 heteroatoms. The average Bonchev–Trinajstić information content (AvgIpc) is 3.33. The number of fused-ring (bicyclic) bond motifs is 2. The number of hydrogen-bond acceptors (Lipinski definition) is 4. The zero-order valence-corrected chi connectivity index (χ0v) is 18.4. The van der Waals surface area contributed by atoms with Crippen molar-refractivity contribution >= 4 is 65.5 Å². The van der Waals surface area contributed by atoms with E-state index in [0.717, 1.165) is 0 Å². The molecule has 130 valence electrons. The maximum atomic E-state index is 2.39. The zero-order valence-electron chi connectivity index (χ0n) is 15.1. The van der Waals surface area contributed by atoms with Gasteiger partial charge in [0.25, 0.3) is 0 Å². The van der Waals surface area contributed by atoms with Crippen LogP contribution < -0.4 is 0 Å². The third-order valence-corrected chi connectivity index (χ3v) is 8.92. The number of rotatable bonds is 2. The summed E-state index contributed by atoms with van der Waals surface area (Å²) in [7, 11) is 0. The molecule has 0 unspecified atom stereocenters. The summed E-state index contributed by atoms with van der Waals surface area (Å²) in [4.78, 5) is 5.56. The van der Waals surface area contributed by atoms with E-state index in [9.17, 15) is 0 Å². The standard InChI is InChI=1S/C22H18S4/c1-11-5-17(23-9-11)19-15-7-13(3)26-22(15)20(18-6-12(2)10-24-18)16-8-14(4)25-21(16)19/h5-10H,1-4H3. The highest BCUT2D eigenvalue weighted by Gasteiger charge is 2.21. The topological polar surface area (TPSA) is 0 Å². The van der Waals surface area contributed by atoms with Gasteiger partial charge in [0.05, 0.1) is 0 Å².